The number of nitrogens with one attached hydrogen (secondary N) is 2. The van der Waals surface area contributed by atoms with Crippen molar-refractivity contribution in [2.45, 2.75) is 39.3 Å². The zero-order valence-electron chi connectivity index (χ0n) is 19.1. The van der Waals surface area contributed by atoms with Gasteiger partial charge in [-0.1, -0.05) is 43.6 Å². The van der Waals surface area contributed by atoms with Gasteiger partial charge >= 0.3 is 0 Å². The van der Waals surface area contributed by atoms with Crippen molar-refractivity contribution in [3.63, 3.8) is 0 Å². The van der Waals surface area contributed by atoms with Crippen LogP contribution < -0.4 is 10.6 Å². The Bertz CT molecular complexity index is 1240. The molecular weight excluding hydrogens is 452 g/mol. The first-order valence-corrected chi connectivity index (χ1v) is 11.4. The summed E-state index contributed by atoms with van der Waals surface area (Å²) < 4.78 is 0. The van der Waals surface area contributed by atoms with E-state index in [0.29, 0.717) is 33.6 Å². The molecule has 0 saturated heterocycles. The van der Waals surface area contributed by atoms with Crippen LogP contribution in [0.15, 0.2) is 60.8 Å². The third kappa shape index (κ3) is 4.94. The van der Waals surface area contributed by atoms with Gasteiger partial charge in [-0.05, 0) is 60.4 Å². The van der Waals surface area contributed by atoms with Crippen LogP contribution in [0.4, 0.5) is 11.5 Å². The number of hydrogen-bond acceptors (Lipinski definition) is 4. The fraction of sp³-hybridized carbons (Fsp3) is 0.231. The number of carbonyl (C=O) groups is 3. The molecule has 0 aliphatic carbocycles. The van der Waals surface area contributed by atoms with E-state index in [-0.39, 0.29) is 24.3 Å². The summed E-state index contributed by atoms with van der Waals surface area (Å²) in [6.45, 7) is 6.06. The summed E-state index contributed by atoms with van der Waals surface area (Å²) in [6, 6.07) is 14.8. The van der Waals surface area contributed by atoms with E-state index in [1.807, 2.05) is 6.07 Å². The highest BCUT2D eigenvalue weighted by Gasteiger charge is 2.32. The minimum absolute atomic E-state index is 0.218. The Morgan fingerprint density at radius 2 is 1.85 bits per heavy atom. The van der Waals surface area contributed by atoms with Gasteiger partial charge in [0.1, 0.15) is 11.9 Å². The molecule has 2 heterocycles. The molecule has 0 radical (unpaired) electrons. The number of fused-ring (bicyclic) bond motifs is 1. The van der Waals surface area contributed by atoms with Crippen LogP contribution in [0, 0.1) is 0 Å². The van der Waals surface area contributed by atoms with Gasteiger partial charge in [0.05, 0.1) is 11.3 Å². The summed E-state index contributed by atoms with van der Waals surface area (Å²) >= 11 is 6.03. The van der Waals surface area contributed by atoms with Gasteiger partial charge in [-0.15, -0.1) is 0 Å². The van der Waals surface area contributed by atoms with Crippen LogP contribution in [0.2, 0.25) is 5.02 Å². The molecule has 2 N–H and O–H groups in total. The highest BCUT2D eigenvalue weighted by Crippen LogP contribution is 2.27. The lowest BCUT2D eigenvalue weighted by Crippen LogP contribution is -2.42. The third-order valence-corrected chi connectivity index (χ3v) is 6.08. The Morgan fingerprint density at radius 1 is 1.12 bits per heavy atom. The number of amides is 3. The van der Waals surface area contributed by atoms with Gasteiger partial charge in [0, 0.05) is 23.3 Å². The summed E-state index contributed by atoms with van der Waals surface area (Å²) in [5.41, 5.74) is 3.14. The number of aromatic nitrogens is 1. The SMILES string of the molecule is CC(C)c1ccc(NC(=O)c2ccc(CN3C(=O)c4ccc(Cl)cc4NC(=O)C3C)cc2)nc1. The van der Waals surface area contributed by atoms with Crippen molar-refractivity contribution in [1.82, 2.24) is 9.88 Å². The predicted molar refractivity (Wildman–Crippen MR) is 132 cm³/mol. The Balaban J connectivity index is 1.48. The van der Waals surface area contributed by atoms with Gasteiger partial charge < -0.3 is 15.5 Å². The van der Waals surface area contributed by atoms with E-state index in [1.54, 1.807) is 61.7 Å². The van der Waals surface area contributed by atoms with E-state index < -0.39 is 6.04 Å². The van der Waals surface area contributed by atoms with Crippen LogP contribution in [0.25, 0.3) is 0 Å². The molecule has 34 heavy (non-hydrogen) atoms. The van der Waals surface area contributed by atoms with Crippen LogP contribution >= 0.6 is 11.6 Å². The molecule has 7 nitrogen and oxygen atoms in total. The first kappa shape index (κ1) is 23.4. The molecular formula is C26H25ClN4O3. The average molecular weight is 477 g/mol. The smallest absolute Gasteiger partial charge is 0.256 e. The van der Waals surface area contributed by atoms with E-state index >= 15 is 0 Å². The van der Waals surface area contributed by atoms with Gasteiger partial charge in [0.25, 0.3) is 11.8 Å². The van der Waals surface area contributed by atoms with Crippen molar-refractivity contribution in [3.05, 3.63) is 88.1 Å². The third-order valence-electron chi connectivity index (χ3n) is 5.84. The lowest BCUT2D eigenvalue weighted by Gasteiger charge is -2.26. The lowest BCUT2D eigenvalue weighted by molar-refractivity contribution is -0.120. The monoisotopic (exact) mass is 476 g/mol. The second-order valence-electron chi connectivity index (χ2n) is 8.57. The molecule has 8 heteroatoms. The van der Waals surface area contributed by atoms with Gasteiger partial charge in [0.2, 0.25) is 5.91 Å². The minimum Gasteiger partial charge on any atom is -0.324 e. The van der Waals surface area contributed by atoms with Crippen molar-refractivity contribution in [1.29, 1.82) is 0 Å². The maximum atomic E-state index is 13.2. The van der Waals surface area contributed by atoms with Crippen molar-refractivity contribution in [3.8, 4) is 0 Å². The zero-order chi connectivity index (χ0) is 24.4. The van der Waals surface area contributed by atoms with Crippen LogP contribution in [0.1, 0.15) is 58.5 Å². The molecule has 2 aromatic carbocycles. The largest absolute Gasteiger partial charge is 0.324 e. The maximum absolute atomic E-state index is 13.2. The number of nitrogens with zero attached hydrogens (tertiary/aromatic N) is 2. The quantitative estimate of drug-likeness (QED) is 0.536. The topological polar surface area (TPSA) is 91.4 Å². The molecule has 1 aliphatic heterocycles. The molecule has 0 fully saturated rings. The average Bonchev–Trinajstić information content (AvgIpc) is 2.90. The Labute approximate surface area is 203 Å². The summed E-state index contributed by atoms with van der Waals surface area (Å²) in [7, 11) is 0. The highest BCUT2D eigenvalue weighted by molar-refractivity contribution is 6.31. The summed E-state index contributed by atoms with van der Waals surface area (Å²) in [5, 5.41) is 6.00. The van der Waals surface area contributed by atoms with E-state index in [9.17, 15) is 14.4 Å². The zero-order valence-corrected chi connectivity index (χ0v) is 19.9. The molecule has 1 unspecified atom stereocenters. The van der Waals surface area contributed by atoms with Crippen molar-refractivity contribution < 1.29 is 14.4 Å². The number of benzene rings is 2. The highest BCUT2D eigenvalue weighted by atomic mass is 35.5. The summed E-state index contributed by atoms with van der Waals surface area (Å²) in [5.74, 6) is 0.00514. The van der Waals surface area contributed by atoms with Crippen molar-refractivity contribution >= 4 is 40.8 Å². The number of rotatable bonds is 5. The van der Waals surface area contributed by atoms with Crippen LogP contribution in [0.5, 0.6) is 0 Å². The van der Waals surface area contributed by atoms with Gasteiger partial charge in [0.15, 0.2) is 0 Å². The van der Waals surface area contributed by atoms with Crippen molar-refractivity contribution in [2.75, 3.05) is 10.6 Å². The molecule has 1 aliphatic rings. The number of anilines is 2. The summed E-state index contributed by atoms with van der Waals surface area (Å²) in [4.78, 5) is 44.2. The molecule has 0 bridgehead atoms. The normalized spacial score (nSPS) is 15.6. The van der Waals surface area contributed by atoms with Crippen molar-refractivity contribution in [2.24, 2.45) is 0 Å². The van der Waals surface area contributed by atoms with E-state index in [0.717, 1.165) is 11.1 Å². The van der Waals surface area contributed by atoms with Gasteiger partial charge in [-0.25, -0.2) is 4.98 Å². The minimum atomic E-state index is -0.679. The van der Waals surface area contributed by atoms with E-state index in [4.69, 9.17) is 11.6 Å². The number of halogens is 1. The second-order valence-corrected chi connectivity index (χ2v) is 9.01. The Morgan fingerprint density at radius 3 is 2.50 bits per heavy atom. The molecule has 3 aromatic rings. The van der Waals surface area contributed by atoms with Crippen LogP contribution in [-0.2, 0) is 11.3 Å². The molecule has 1 atom stereocenters. The molecule has 1 aromatic heterocycles. The summed E-state index contributed by atoms with van der Waals surface area (Å²) in [6.07, 6.45) is 1.75. The fourth-order valence-corrected chi connectivity index (χ4v) is 3.86. The Hall–Kier alpha value is -3.71. The molecule has 174 valence electrons. The van der Waals surface area contributed by atoms with Gasteiger partial charge in [-0.2, -0.15) is 0 Å². The van der Waals surface area contributed by atoms with Crippen LogP contribution in [-0.4, -0.2) is 33.6 Å². The van der Waals surface area contributed by atoms with E-state index in [2.05, 4.69) is 29.5 Å². The number of carbonyl (C=O) groups excluding carboxylic acids is 3. The molecule has 0 spiro atoms. The number of hydrogen-bond donors (Lipinski definition) is 2. The van der Waals surface area contributed by atoms with E-state index in [1.165, 1.54) is 4.90 Å². The molecule has 3 amide bonds. The Kier molecular flexibility index (Phi) is 6.65. The second kappa shape index (κ2) is 9.65. The first-order chi connectivity index (χ1) is 16.2. The first-order valence-electron chi connectivity index (χ1n) is 11.0. The number of pyridine rings is 1. The lowest BCUT2D eigenvalue weighted by atomic mass is 10.1. The fourth-order valence-electron chi connectivity index (χ4n) is 3.69. The standard InChI is InChI=1S/C26H25ClN4O3/c1-15(2)19-8-11-23(28-13-19)30-25(33)18-6-4-17(5-7-18)14-31-16(3)24(32)29-22-12-20(27)9-10-21(22)26(31)34/h4-13,15-16H,14H2,1-3H3,(H,29,32)(H,28,30,33). The predicted octanol–water partition coefficient (Wildman–Crippen LogP) is 5.09. The van der Waals surface area contributed by atoms with Gasteiger partial charge in [-0.3, -0.25) is 14.4 Å². The molecule has 0 saturated carbocycles. The molecule has 4 rings (SSSR count). The van der Waals surface area contributed by atoms with Crippen LogP contribution in [0.3, 0.4) is 0 Å². The maximum Gasteiger partial charge on any atom is 0.256 e.